The van der Waals surface area contributed by atoms with E-state index >= 15 is 0 Å². The van der Waals surface area contributed by atoms with Gasteiger partial charge in [0, 0.05) is 32.4 Å². The molecule has 0 aliphatic heterocycles. The van der Waals surface area contributed by atoms with Crippen molar-refractivity contribution in [1.29, 1.82) is 0 Å². The van der Waals surface area contributed by atoms with Gasteiger partial charge < -0.3 is 15.2 Å². The molecule has 3 rings (SSSR count). The average Bonchev–Trinajstić information content (AvgIpc) is 2.74. The maximum absolute atomic E-state index is 13.7. The molecule has 0 saturated carbocycles. The molecule has 1 heterocycles. The number of nitrogens with one attached hydrogen (secondary N) is 2. The molecule has 30 heavy (non-hydrogen) atoms. The van der Waals surface area contributed by atoms with Crippen LogP contribution < -0.4 is 16.2 Å². The highest BCUT2D eigenvalue weighted by Crippen LogP contribution is 2.07. The molecule has 2 aromatic carbocycles. The van der Waals surface area contributed by atoms with Gasteiger partial charge in [-0.2, -0.15) is 0 Å². The average molecular weight is 520 g/mol. The summed E-state index contributed by atoms with van der Waals surface area (Å²) in [6, 6.07) is 20.0. The van der Waals surface area contributed by atoms with Crippen LogP contribution in [0.1, 0.15) is 16.7 Å². The lowest BCUT2D eigenvalue weighted by molar-refractivity contribution is 0.606. The van der Waals surface area contributed by atoms with Gasteiger partial charge in [-0.3, -0.25) is 9.79 Å². The fourth-order valence-corrected chi connectivity index (χ4v) is 2.97. The lowest BCUT2D eigenvalue weighted by Gasteiger charge is -2.13. The van der Waals surface area contributed by atoms with E-state index in [1.165, 1.54) is 6.07 Å². The second-order valence-corrected chi connectivity index (χ2v) is 6.68. The van der Waals surface area contributed by atoms with Gasteiger partial charge in [0.15, 0.2) is 5.96 Å². The van der Waals surface area contributed by atoms with E-state index in [1.54, 1.807) is 42.1 Å². The summed E-state index contributed by atoms with van der Waals surface area (Å²) in [6.07, 6.45) is 2.37. The van der Waals surface area contributed by atoms with Crippen LogP contribution in [0.4, 0.5) is 4.39 Å². The minimum atomic E-state index is -0.185. The molecule has 0 aliphatic carbocycles. The fraction of sp³-hybridized carbons (Fsp3) is 0.217. The first-order chi connectivity index (χ1) is 14.2. The van der Waals surface area contributed by atoms with Crippen LogP contribution in [-0.2, 0) is 19.5 Å². The van der Waals surface area contributed by atoms with E-state index in [-0.39, 0.29) is 35.4 Å². The van der Waals surface area contributed by atoms with Crippen LogP contribution in [0.5, 0.6) is 0 Å². The highest BCUT2D eigenvalue weighted by molar-refractivity contribution is 14.0. The molecule has 5 nitrogen and oxygen atoms in total. The number of rotatable bonds is 7. The molecule has 2 N–H and O–H groups in total. The van der Waals surface area contributed by atoms with Crippen molar-refractivity contribution >= 4 is 29.9 Å². The van der Waals surface area contributed by atoms with Crippen LogP contribution in [0.15, 0.2) is 82.7 Å². The summed E-state index contributed by atoms with van der Waals surface area (Å²) in [6.45, 7) is 1.75. The van der Waals surface area contributed by atoms with Crippen molar-refractivity contribution in [3.8, 4) is 0 Å². The third-order valence-electron chi connectivity index (χ3n) is 4.60. The zero-order chi connectivity index (χ0) is 20.5. The highest BCUT2D eigenvalue weighted by Gasteiger charge is 2.03. The Labute approximate surface area is 193 Å². The largest absolute Gasteiger partial charge is 0.356 e. The van der Waals surface area contributed by atoms with Gasteiger partial charge in [-0.25, -0.2) is 4.39 Å². The molecule has 0 amide bonds. The van der Waals surface area contributed by atoms with Gasteiger partial charge in [0.05, 0.1) is 6.54 Å². The summed E-state index contributed by atoms with van der Waals surface area (Å²) in [5.41, 5.74) is 2.84. The maximum atomic E-state index is 13.7. The fourth-order valence-electron chi connectivity index (χ4n) is 2.97. The summed E-state index contributed by atoms with van der Waals surface area (Å²) in [5, 5.41) is 6.45. The Balaban J connectivity index is 0.00000320. The van der Waals surface area contributed by atoms with Crippen LogP contribution in [0.2, 0.25) is 0 Å². The number of hydrogen-bond donors (Lipinski definition) is 2. The van der Waals surface area contributed by atoms with Crippen molar-refractivity contribution in [2.24, 2.45) is 4.99 Å². The predicted octanol–water partition coefficient (Wildman–Crippen LogP) is 3.56. The maximum Gasteiger partial charge on any atom is 0.250 e. The smallest absolute Gasteiger partial charge is 0.250 e. The highest BCUT2D eigenvalue weighted by atomic mass is 127. The topological polar surface area (TPSA) is 58.4 Å². The molecular weight excluding hydrogens is 494 g/mol. The number of aromatic nitrogens is 1. The van der Waals surface area contributed by atoms with Crippen molar-refractivity contribution in [3.63, 3.8) is 0 Å². The van der Waals surface area contributed by atoms with E-state index in [1.807, 2.05) is 36.4 Å². The quantitative estimate of drug-likeness (QED) is 0.285. The summed E-state index contributed by atoms with van der Waals surface area (Å²) >= 11 is 0. The van der Waals surface area contributed by atoms with Gasteiger partial charge >= 0.3 is 0 Å². The molecule has 0 aliphatic rings. The van der Waals surface area contributed by atoms with E-state index in [0.717, 1.165) is 11.1 Å². The number of nitrogens with zero attached hydrogens (tertiary/aromatic N) is 2. The molecule has 0 spiro atoms. The number of guanidine groups is 1. The molecule has 7 heteroatoms. The van der Waals surface area contributed by atoms with Crippen LogP contribution in [0.25, 0.3) is 0 Å². The standard InChI is InChI=1S/C23H25FN4O.HI/c1-25-23(26-14-13-20-6-2-3-7-21(20)24)27-16-18-9-11-19(12-10-18)17-28-15-5-4-8-22(28)29;/h2-12,15H,13-14,16-17H2,1H3,(H2,25,26,27);1H. The van der Waals surface area contributed by atoms with Crippen molar-refractivity contribution < 1.29 is 4.39 Å². The normalized spacial score (nSPS) is 10.9. The Morgan fingerprint density at radius 1 is 0.967 bits per heavy atom. The lowest BCUT2D eigenvalue weighted by atomic mass is 10.1. The molecule has 0 fully saturated rings. The SMILES string of the molecule is CN=C(NCCc1ccccc1F)NCc1ccc(Cn2ccccc2=O)cc1.I. The number of hydrogen-bond acceptors (Lipinski definition) is 2. The van der Waals surface area contributed by atoms with Gasteiger partial charge in [0.1, 0.15) is 5.82 Å². The van der Waals surface area contributed by atoms with E-state index in [9.17, 15) is 9.18 Å². The summed E-state index contributed by atoms with van der Waals surface area (Å²) in [7, 11) is 1.71. The van der Waals surface area contributed by atoms with Gasteiger partial charge in [-0.05, 0) is 35.2 Å². The van der Waals surface area contributed by atoms with E-state index in [0.29, 0.717) is 37.6 Å². The second kappa shape index (κ2) is 12.1. The second-order valence-electron chi connectivity index (χ2n) is 6.68. The predicted molar refractivity (Wildman–Crippen MR) is 130 cm³/mol. The molecule has 1 aromatic heterocycles. The van der Waals surface area contributed by atoms with Crippen molar-refractivity contribution in [3.05, 3.63) is 106 Å². The zero-order valence-corrected chi connectivity index (χ0v) is 19.2. The molecule has 0 saturated heterocycles. The van der Waals surface area contributed by atoms with E-state index < -0.39 is 0 Å². The van der Waals surface area contributed by atoms with Crippen molar-refractivity contribution in [2.75, 3.05) is 13.6 Å². The van der Waals surface area contributed by atoms with Gasteiger partial charge in [0.25, 0.3) is 5.56 Å². The first kappa shape index (κ1) is 23.6. The monoisotopic (exact) mass is 520 g/mol. The van der Waals surface area contributed by atoms with Crippen LogP contribution in [-0.4, -0.2) is 24.1 Å². The van der Waals surface area contributed by atoms with Crippen molar-refractivity contribution in [2.45, 2.75) is 19.5 Å². The van der Waals surface area contributed by atoms with Crippen molar-refractivity contribution in [1.82, 2.24) is 15.2 Å². The van der Waals surface area contributed by atoms with Crippen LogP contribution >= 0.6 is 24.0 Å². The molecule has 158 valence electrons. The summed E-state index contributed by atoms with van der Waals surface area (Å²) < 4.78 is 15.3. The molecule has 0 radical (unpaired) electrons. The van der Waals surface area contributed by atoms with Gasteiger partial charge in [0.2, 0.25) is 0 Å². The van der Waals surface area contributed by atoms with Gasteiger partial charge in [-0.1, -0.05) is 48.5 Å². The van der Waals surface area contributed by atoms with E-state index in [2.05, 4.69) is 15.6 Å². The van der Waals surface area contributed by atoms with Gasteiger partial charge in [-0.15, -0.1) is 24.0 Å². The molecular formula is C23H26FIN4O. The Bertz CT molecular complexity index is 1020. The number of benzene rings is 2. The Hall–Kier alpha value is -2.68. The first-order valence-electron chi connectivity index (χ1n) is 9.57. The number of pyridine rings is 1. The lowest BCUT2D eigenvalue weighted by Crippen LogP contribution is -2.37. The number of halogens is 2. The van der Waals surface area contributed by atoms with E-state index in [4.69, 9.17) is 0 Å². The minimum absolute atomic E-state index is 0. The third kappa shape index (κ3) is 6.98. The Morgan fingerprint density at radius 2 is 1.67 bits per heavy atom. The minimum Gasteiger partial charge on any atom is -0.356 e. The molecule has 0 atom stereocenters. The molecule has 0 unspecified atom stereocenters. The summed E-state index contributed by atoms with van der Waals surface area (Å²) in [5.74, 6) is 0.483. The first-order valence-corrected chi connectivity index (χ1v) is 9.57. The molecule has 0 bridgehead atoms. The van der Waals surface area contributed by atoms with Crippen LogP contribution in [0.3, 0.4) is 0 Å². The Kier molecular flexibility index (Phi) is 9.53. The molecule has 3 aromatic rings. The van der Waals surface area contributed by atoms with Crippen LogP contribution in [0, 0.1) is 5.82 Å². The Morgan fingerprint density at radius 3 is 2.37 bits per heavy atom. The summed E-state index contributed by atoms with van der Waals surface area (Å²) in [4.78, 5) is 16.0. The third-order valence-corrected chi connectivity index (χ3v) is 4.60. The zero-order valence-electron chi connectivity index (χ0n) is 16.8. The number of aliphatic imine (C=N–C) groups is 1.